The molecule has 4 heterocycles. The molecule has 0 bridgehead atoms. The van der Waals surface area contributed by atoms with Crippen LogP contribution in [0.5, 0.6) is 0 Å². The summed E-state index contributed by atoms with van der Waals surface area (Å²) in [7, 11) is 0. The molecule has 0 radical (unpaired) electrons. The molecule has 7 heteroatoms. The lowest BCUT2D eigenvalue weighted by molar-refractivity contribution is 0.101. The first-order valence-electron chi connectivity index (χ1n) is 7.33. The van der Waals surface area contributed by atoms with Crippen molar-refractivity contribution in [3.63, 3.8) is 0 Å². The van der Waals surface area contributed by atoms with Gasteiger partial charge in [0, 0.05) is 23.8 Å². The Hall–Kier alpha value is -3.48. The summed E-state index contributed by atoms with van der Waals surface area (Å²) in [5.41, 5.74) is 3.08. The number of nitrogens with one attached hydrogen (secondary N) is 1. The Morgan fingerprint density at radius 3 is 2.83 bits per heavy atom. The Morgan fingerprint density at radius 1 is 1.17 bits per heavy atom. The van der Waals surface area contributed by atoms with Crippen LogP contribution in [0.3, 0.4) is 0 Å². The predicted octanol–water partition coefficient (Wildman–Crippen LogP) is 2.97. The van der Waals surface area contributed by atoms with E-state index in [1.54, 1.807) is 18.3 Å². The standard InChI is InChI=1S/C17H13N5O2/c1-11-8-12-5-7-22(16(12)19-9-11)13-2-3-14(18-10-13)17(23)21-15-4-6-20-24-15/h2-10H,1H3,(H,21,23). The summed E-state index contributed by atoms with van der Waals surface area (Å²) in [4.78, 5) is 20.8. The summed E-state index contributed by atoms with van der Waals surface area (Å²) in [6.07, 6.45) is 6.85. The lowest BCUT2D eigenvalue weighted by Gasteiger charge is -2.06. The molecule has 1 amide bonds. The van der Waals surface area contributed by atoms with Gasteiger partial charge in [0.1, 0.15) is 11.3 Å². The maximum absolute atomic E-state index is 12.1. The topological polar surface area (TPSA) is 85.8 Å². The number of hydrogen-bond donors (Lipinski definition) is 1. The van der Waals surface area contributed by atoms with E-state index in [-0.39, 0.29) is 17.5 Å². The molecule has 0 atom stereocenters. The molecular formula is C17H13N5O2. The number of pyridine rings is 2. The lowest BCUT2D eigenvalue weighted by atomic mass is 10.2. The number of fused-ring (bicyclic) bond motifs is 1. The molecule has 7 nitrogen and oxygen atoms in total. The van der Waals surface area contributed by atoms with Crippen LogP contribution in [0.15, 0.2) is 59.6 Å². The normalized spacial score (nSPS) is 10.9. The first kappa shape index (κ1) is 14.1. The molecule has 0 spiro atoms. The van der Waals surface area contributed by atoms with Crippen molar-refractivity contribution in [3.05, 3.63) is 66.4 Å². The van der Waals surface area contributed by atoms with E-state index in [1.165, 1.54) is 6.20 Å². The zero-order valence-corrected chi connectivity index (χ0v) is 12.8. The van der Waals surface area contributed by atoms with Gasteiger partial charge >= 0.3 is 0 Å². The van der Waals surface area contributed by atoms with E-state index in [9.17, 15) is 4.79 Å². The smallest absolute Gasteiger partial charge is 0.276 e. The molecule has 0 aliphatic carbocycles. The zero-order chi connectivity index (χ0) is 16.5. The molecular weight excluding hydrogens is 306 g/mol. The highest BCUT2D eigenvalue weighted by Gasteiger charge is 2.11. The van der Waals surface area contributed by atoms with Crippen molar-refractivity contribution in [3.8, 4) is 5.69 Å². The van der Waals surface area contributed by atoms with Crippen molar-refractivity contribution in [1.82, 2.24) is 19.7 Å². The minimum Gasteiger partial charge on any atom is -0.338 e. The van der Waals surface area contributed by atoms with E-state index < -0.39 is 0 Å². The molecule has 0 saturated heterocycles. The quantitative estimate of drug-likeness (QED) is 0.627. The predicted molar refractivity (Wildman–Crippen MR) is 88.1 cm³/mol. The van der Waals surface area contributed by atoms with Crippen LogP contribution < -0.4 is 5.32 Å². The van der Waals surface area contributed by atoms with Gasteiger partial charge in [-0.1, -0.05) is 5.16 Å². The van der Waals surface area contributed by atoms with Crippen LogP contribution in [-0.4, -0.2) is 25.6 Å². The molecule has 0 aliphatic rings. The first-order valence-corrected chi connectivity index (χ1v) is 7.33. The third-order valence-corrected chi connectivity index (χ3v) is 3.60. The fraction of sp³-hybridized carbons (Fsp3) is 0.0588. The number of amides is 1. The van der Waals surface area contributed by atoms with Crippen LogP contribution in [0.2, 0.25) is 0 Å². The number of anilines is 1. The average molecular weight is 319 g/mol. The Kier molecular flexibility index (Phi) is 3.31. The Labute approximate surface area is 136 Å². The van der Waals surface area contributed by atoms with Gasteiger partial charge in [-0.15, -0.1) is 0 Å². The van der Waals surface area contributed by atoms with Crippen molar-refractivity contribution in [2.75, 3.05) is 5.32 Å². The summed E-state index contributed by atoms with van der Waals surface area (Å²) in [5.74, 6) is -0.0775. The molecule has 0 aromatic carbocycles. The fourth-order valence-corrected chi connectivity index (χ4v) is 2.46. The van der Waals surface area contributed by atoms with E-state index in [4.69, 9.17) is 4.52 Å². The molecule has 0 saturated carbocycles. The third-order valence-electron chi connectivity index (χ3n) is 3.60. The summed E-state index contributed by atoms with van der Waals surface area (Å²) in [5, 5.41) is 7.17. The fourth-order valence-electron chi connectivity index (χ4n) is 2.46. The Morgan fingerprint density at radius 2 is 2.08 bits per heavy atom. The number of aromatic nitrogens is 4. The van der Waals surface area contributed by atoms with Gasteiger partial charge in [0.05, 0.1) is 18.1 Å². The van der Waals surface area contributed by atoms with Gasteiger partial charge in [0.25, 0.3) is 5.91 Å². The Balaban J connectivity index is 1.62. The van der Waals surface area contributed by atoms with Crippen LogP contribution in [0.4, 0.5) is 5.88 Å². The first-order chi connectivity index (χ1) is 11.7. The summed E-state index contributed by atoms with van der Waals surface area (Å²) in [6, 6.07) is 9.11. The van der Waals surface area contributed by atoms with Gasteiger partial charge in [-0.25, -0.2) is 9.97 Å². The van der Waals surface area contributed by atoms with E-state index in [0.29, 0.717) is 0 Å². The number of nitrogens with zero attached hydrogens (tertiary/aromatic N) is 4. The summed E-state index contributed by atoms with van der Waals surface area (Å²) >= 11 is 0. The van der Waals surface area contributed by atoms with Gasteiger partial charge in [-0.2, -0.15) is 0 Å². The minimum absolute atomic E-state index is 0.279. The van der Waals surface area contributed by atoms with Crippen LogP contribution >= 0.6 is 0 Å². The third kappa shape index (κ3) is 2.52. The van der Waals surface area contributed by atoms with Crippen LogP contribution in [0.25, 0.3) is 16.7 Å². The highest BCUT2D eigenvalue weighted by molar-refractivity contribution is 6.02. The van der Waals surface area contributed by atoms with E-state index in [0.717, 1.165) is 22.3 Å². The highest BCUT2D eigenvalue weighted by atomic mass is 16.5. The van der Waals surface area contributed by atoms with Crippen molar-refractivity contribution in [2.24, 2.45) is 0 Å². The monoisotopic (exact) mass is 319 g/mol. The molecule has 118 valence electrons. The number of carbonyl (C=O) groups is 1. The highest BCUT2D eigenvalue weighted by Crippen LogP contribution is 2.19. The van der Waals surface area contributed by atoms with Crippen molar-refractivity contribution in [1.29, 1.82) is 0 Å². The van der Waals surface area contributed by atoms with Crippen molar-refractivity contribution >= 4 is 22.8 Å². The van der Waals surface area contributed by atoms with Crippen LogP contribution in [-0.2, 0) is 0 Å². The number of hydrogen-bond acceptors (Lipinski definition) is 5. The summed E-state index contributed by atoms with van der Waals surface area (Å²) in [6.45, 7) is 2.01. The van der Waals surface area contributed by atoms with Crippen LogP contribution in [0.1, 0.15) is 16.1 Å². The van der Waals surface area contributed by atoms with Gasteiger partial charge in [0.15, 0.2) is 0 Å². The zero-order valence-electron chi connectivity index (χ0n) is 12.8. The van der Waals surface area contributed by atoms with Crippen molar-refractivity contribution < 1.29 is 9.32 Å². The van der Waals surface area contributed by atoms with Gasteiger partial charge in [-0.3, -0.25) is 14.7 Å². The Bertz CT molecular complexity index is 1000. The SMILES string of the molecule is Cc1cnc2c(ccn2-c2ccc(C(=O)Nc3ccno3)nc2)c1. The second kappa shape index (κ2) is 5.62. The maximum atomic E-state index is 12.1. The molecule has 0 fully saturated rings. The molecule has 0 aliphatic heterocycles. The number of aryl methyl sites for hydroxylation is 1. The van der Waals surface area contributed by atoms with Crippen LogP contribution in [0, 0.1) is 6.92 Å². The molecule has 4 aromatic rings. The second-order valence-corrected chi connectivity index (χ2v) is 5.34. The van der Waals surface area contributed by atoms with E-state index >= 15 is 0 Å². The van der Waals surface area contributed by atoms with Crippen molar-refractivity contribution in [2.45, 2.75) is 6.92 Å². The van der Waals surface area contributed by atoms with Gasteiger partial charge < -0.3 is 4.52 Å². The minimum atomic E-state index is -0.357. The lowest BCUT2D eigenvalue weighted by Crippen LogP contribution is -2.13. The van der Waals surface area contributed by atoms with E-state index in [1.807, 2.05) is 36.0 Å². The second-order valence-electron chi connectivity index (χ2n) is 5.34. The average Bonchev–Trinajstić information content (AvgIpc) is 3.24. The van der Waals surface area contributed by atoms with Gasteiger partial charge in [0.2, 0.25) is 5.88 Å². The number of carbonyl (C=O) groups excluding carboxylic acids is 1. The molecule has 0 unspecified atom stereocenters. The number of rotatable bonds is 3. The maximum Gasteiger partial charge on any atom is 0.276 e. The molecule has 4 rings (SSSR count). The molecule has 1 N–H and O–H groups in total. The largest absolute Gasteiger partial charge is 0.338 e. The van der Waals surface area contributed by atoms with Gasteiger partial charge in [-0.05, 0) is 36.8 Å². The molecule has 24 heavy (non-hydrogen) atoms. The molecule has 4 aromatic heterocycles. The van der Waals surface area contributed by atoms with E-state index in [2.05, 4.69) is 26.5 Å². The summed E-state index contributed by atoms with van der Waals surface area (Å²) < 4.78 is 6.77.